The van der Waals surface area contributed by atoms with Crippen molar-refractivity contribution in [3.8, 4) is 0 Å². The first-order valence-electron chi connectivity index (χ1n) is 6.04. The molecule has 0 unspecified atom stereocenters. The highest BCUT2D eigenvalue weighted by molar-refractivity contribution is 9.10. The van der Waals surface area contributed by atoms with Crippen LogP contribution >= 0.6 is 15.9 Å². The molecule has 0 aromatic heterocycles. The molecule has 0 amide bonds. The lowest BCUT2D eigenvalue weighted by molar-refractivity contribution is 0.195. The third kappa shape index (κ3) is 6.02. The predicted molar refractivity (Wildman–Crippen MR) is 78.8 cm³/mol. The van der Waals surface area contributed by atoms with Gasteiger partial charge in [-0.15, -0.1) is 0 Å². The molecule has 0 saturated heterocycles. The van der Waals surface area contributed by atoms with Crippen molar-refractivity contribution < 1.29 is 9.13 Å². The Morgan fingerprint density at radius 2 is 2.21 bits per heavy atom. The van der Waals surface area contributed by atoms with Crippen LogP contribution in [0.2, 0.25) is 0 Å². The molecule has 0 aliphatic rings. The molecule has 0 aliphatic heterocycles. The lowest BCUT2D eigenvalue weighted by Gasteiger charge is -2.12. The summed E-state index contributed by atoms with van der Waals surface area (Å²) in [5.41, 5.74) is 0.862. The van der Waals surface area contributed by atoms with Gasteiger partial charge in [0.05, 0.1) is 4.47 Å². The fourth-order valence-corrected chi connectivity index (χ4v) is 1.73. The Kier molecular flexibility index (Phi) is 7.43. The molecule has 1 aromatic carbocycles. The number of nitrogens with one attached hydrogen (secondary N) is 2. The second-order valence-corrected chi connectivity index (χ2v) is 4.80. The van der Waals surface area contributed by atoms with Crippen molar-refractivity contribution in [1.82, 2.24) is 10.6 Å². The summed E-state index contributed by atoms with van der Waals surface area (Å²) >= 11 is 3.13. The van der Waals surface area contributed by atoms with E-state index in [1.54, 1.807) is 20.2 Å². The predicted octanol–water partition coefficient (Wildman–Crippen LogP) is 2.29. The molecule has 0 radical (unpaired) electrons. The van der Waals surface area contributed by atoms with Crippen molar-refractivity contribution in [2.24, 2.45) is 4.99 Å². The topological polar surface area (TPSA) is 45.7 Å². The molecule has 0 heterocycles. The zero-order valence-corrected chi connectivity index (χ0v) is 12.8. The lowest BCUT2D eigenvalue weighted by atomic mass is 10.2. The molecule has 0 spiro atoms. The van der Waals surface area contributed by atoms with Crippen LogP contribution in [0.1, 0.15) is 12.0 Å². The Hall–Kier alpha value is -1.14. The molecule has 1 rings (SSSR count). The minimum Gasteiger partial charge on any atom is -0.385 e. The van der Waals surface area contributed by atoms with Gasteiger partial charge in [-0.2, -0.15) is 0 Å². The largest absolute Gasteiger partial charge is 0.385 e. The summed E-state index contributed by atoms with van der Waals surface area (Å²) in [7, 11) is 3.38. The standard InChI is InChI=1S/C13H19BrFN3O/c1-16-13(17-6-3-7-19-2)18-9-10-4-5-11(14)12(15)8-10/h4-5,8H,3,6-7,9H2,1-2H3,(H2,16,17,18). The van der Waals surface area contributed by atoms with Crippen molar-refractivity contribution in [3.63, 3.8) is 0 Å². The van der Waals surface area contributed by atoms with Gasteiger partial charge in [0, 0.05) is 33.9 Å². The van der Waals surface area contributed by atoms with Gasteiger partial charge in [-0.1, -0.05) is 6.07 Å². The summed E-state index contributed by atoms with van der Waals surface area (Å²) in [6, 6.07) is 5.05. The van der Waals surface area contributed by atoms with E-state index in [-0.39, 0.29) is 5.82 Å². The van der Waals surface area contributed by atoms with Gasteiger partial charge in [0.1, 0.15) is 5.82 Å². The molecule has 0 bridgehead atoms. The molecular weight excluding hydrogens is 313 g/mol. The maximum atomic E-state index is 13.3. The second-order valence-electron chi connectivity index (χ2n) is 3.95. The zero-order valence-electron chi connectivity index (χ0n) is 11.2. The van der Waals surface area contributed by atoms with Crippen LogP contribution in [0, 0.1) is 5.82 Å². The third-order valence-corrected chi connectivity index (χ3v) is 3.13. The minimum absolute atomic E-state index is 0.262. The van der Waals surface area contributed by atoms with Crippen LogP contribution in [-0.2, 0) is 11.3 Å². The fourth-order valence-electron chi connectivity index (χ4n) is 1.48. The second kappa shape index (κ2) is 8.87. The molecule has 1 aromatic rings. The lowest BCUT2D eigenvalue weighted by Crippen LogP contribution is -2.37. The van der Waals surface area contributed by atoms with Gasteiger partial charge in [-0.25, -0.2) is 4.39 Å². The highest BCUT2D eigenvalue weighted by Crippen LogP contribution is 2.16. The van der Waals surface area contributed by atoms with E-state index in [4.69, 9.17) is 4.74 Å². The van der Waals surface area contributed by atoms with E-state index in [2.05, 4.69) is 31.6 Å². The number of aliphatic imine (C=N–C) groups is 1. The summed E-state index contributed by atoms with van der Waals surface area (Å²) in [6.07, 6.45) is 0.907. The van der Waals surface area contributed by atoms with Gasteiger partial charge in [-0.3, -0.25) is 4.99 Å². The number of hydrogen-bond donors (Lipinski definition) is 2. The molecule has 6 heteroatoms. The maximum Gasteiger partial charge on any atom is 0.191 e. The van der Waals surface area contributed by atoms with E-state index in [9.17, 15) is 4.39 Å². The number of guanidine groups is 1. The fraction of sp³-hybridized carbons (Fsp3) is 0.462. The Balaban J connectivity index is 2.38. The first-order chi connectivity index (χ1) is 9.17. The van der Waals surface area contributed by atoms with Gasteiger partial charge in [-0.05, 0) is 40.0 Å². The van der Waals surface area contributed by atoms with Gasteiger partial charge < -0.3 is 15.4 Å². The Bertz CT molecular complexity index is 426. The van der Waals surface area contributed by atoms with Crippen molar-refractivity contribution in [2.45, 2.75) is 13.0 Å². The van der Waals surface area contributed by atoms with Crippen molar-refractivity contribution >= 4 is 21.9 Å². The Morgan fingerprint density at radius 3 is 2.84 bits per heavy atom. The maximum absolute atomic E-state index is 13.3. The summed E-state index contributed by atoms with van der Waals surface area (Å²) < 4.78 is 18.8. The summed E-state index contributed by atoms with van der Waals surface area (Å²) in [6.45, 7) is 2.01. The van der Waals surface area contributed by atoms with Gasteiger partial charge in [0.15, 0.2) is 5.96 Å². The molecule has 0 aliphatic carbocycles. The molecule has 0 saturated carbocycles. The average molecular weight is 332 g/mol. The van der Waals surface area contributed by atoms with Crippen LogP contribution in [0.4, 0.5) is 4.39 Å². The van der Waals surface area contributed by atoms with Crippen molar-refractivity contribution in [2.75, 3.05) is 27.3 Å². The number of benzene rings is 1. The van der Waals surface area contributed by atoms with E-state index in [1.165, 1.54) is 6.07 Å². The van der Waals surface area contributed by atoms with Gasteiger partial charge in [0.2, 0.25) is 0 Å². The summed E-state index contributed by atoms with van der Waals surface area (Å²) in [4.78, 5) is 4.09. The van der Waals surface area contributed by atoms with Crippen LogP contribution < -0.4 is 10.6 Å². The molecule has 19 heavy (non-hydrogen) atoms. The highest BCUT2D eigenvalue weighted by Gasteiger charge is 2.02. The Morgan fingerprint density at radius 1 is 1.42 bits per heavy atom. The molecule has 4 nitrogen and oxygen atoms in total. The van der Waals surface area contributed by atoms with E-state index < -0.39 is 0 Å². The molecule has 2 N–H and O–H groups in total. The SMILES string of the molecule is CN=C(NCCCOC)NCc1ccc(Br)c(F)c1. The van der Waals surface area contributed by atoms with Crippen LogP contribution in [0.15, 0.2) is 27.7 Å². The minimum atomic E-state index is -0.262. The van der Waals surface area contributed by atoms with E-state index in [0.29, 0.717) is 23.6 Å². The number of halogens is 2. The summed E-state index contributed by atoms with van der Waals surface area (Å²) in [5.74, 6) is 0.432. The van der Waals surface area contributed by atoms with Crippen molar-refractivity contribution in [3.05, 3.63) is 34.1 Å². The number of rotatable bonds is 6. The first kappa shape index (κ1) is 15.9. The van der Waals surface area contributed by atoms with Crippen LogP contribution in [0.25, 0.3) is 0 Å². The molecule has 0 fully saturated rings. The van der Waals surface area contributed by atoms with E-state index in [1.807, 2.05) is 6.07 Å². The molecule has 106 valence electrons. The zero-order chi connectivity index (χ0) is 14.1. The quantitative estimate of drug-likeness (QED) is 0.477. The average Bonchev–Trinajstić information content (AvgIpc) is 2.42. The van der Waals surface area contributed by atoms with Gasteiger partial charge in [0.25, 0.3) is 0 Å². The normalized spacial score (nSPS) is 11.5. The Labute approximate surface area is 121 Å². The summed E-state index contributed by atoms with van der Waals surface area (Å²) in [5, 5.41) is 6.28. The monoisotopic (exact) mass is 331 g/mol. The van der Waals surface area contributed by atoms with Crippen LogP contribution in [-0.4, -0.2) is 33.3 Å². The van der Waals surface area contributed by atoms with E-state index in [0.717, 1.165) is 18.5 Å². The van der Waals surface area contributed by atoms with Crippen LogP contribution in [0.5, 0.6) is 0 Å². The number of ether oxygens (including phenoxy) is 1. The first-order valence-corrected chi connectivity index (χ1v) is 6.84. The highest BCUT2D eigenvalue weighted by atomic mass is 79.9. The molecule has 0 atom stereocenters. The number of nitrogens with zero attached hydrogens (tertiary/aromatic N) is 1. The number of methoxy groups -OCH3 is 1. The molecular formula is C13H19BrFN3O. The van der Waals surface area contributed by atoms with E-state index >= 15 is 0 Å². The van der Waals surface area contributed by atoms with Crippen LogP contribution in [0.3, 0.4) is 0 Å². The van der Waals surface area contributed by atoms with Gasteiger partial charge >= 0.3 is 0 Å². The number of hydrogen-bond acceptors (Lipinski definition) is 2. The smallest absolute Gasteiger partial charge is 0.191 e. The van der Waals surface area contributed by atoms with Crippen molar-refractivity contribution in [1.29, 1.82) is 0 Å². The third-order valence-electron chi connectivity index (χ3n) is 2.49.